The summed E-state index contributed by atoms with van der Waals surface area (Å²) in [4.78, 5) is 7.85. The molecule has 0 saturated heterocycles. The summed E-state index contributed by atoms with van der Waals surface area (Å²) in [6, 6.07) is 18.5. The standard InChI is InChI=1S/C8H10.2C7H9N.C2H5.3CH3.5Y/c1-2-8-6-4-3-5-7-8;1-2-7-3-5-8-6-4-7;1-2-7-4-3-5-8-6-7;1-2;;;;;;;;/h3-7H,2H2,1H3;2*3-6H,2H2,1H3;1H2,2H3;3*1H3;;;;;/q;;;4*-1;;;;;. The van der Waals surface area contributed by atoms with Gasteiger partial charge in [-0.1, -0.05) is 57.2 Å². The van der Waals surface area contributed by atoms with Gasteiger partial charge in [0.25, 0.3) is 0 Å². The van der Waals surface area contributed by atoms with E-state index < -0.39 is 0 Å². The van der Waals surface area contributed by atoms with Crippen LogP contribution < -0.4 is 0 Å². The first-order valence-electron chi connectivity index (χ1n) is 9.32. The molecule has 0 unspecified atom stereocenters. The molecule has 34 heavy (non-hydrogen) atoms. The van der Waals surface area contributed by atoms with Gasteiger partial charge >= 0.3 is 0 Å². The fraction of sp³-hybridized carbons (Fsp3) is 0.259. The van der Waals surface area contributed by atoms with Crippen LogP contribution in [0.25, 0.3) is 0 Å². The normalized spacial score (nSPS) is 6.62. The maximum atomic E-state index is 3.96. The molecule has 0 N–H and O–H groups in total. The SMILES string of the molecule is CCc1ccccc1.CCc1cccnc1.CCc1ccncc1.[CH2-]C.[CH3-].[CH3-].[CH3-].[Y].[Y].[Y].[Y].[Y]. The van der Waals surface area contributed by atoms with Gasteiger partial charge in [0.1, 0.15) is 0 Å². The van der Waals surface area contributed by atoms with E-state index in [2.05, 4.69) is 68.0 Å². The van der Waals surface area contributed by atoms with Crippen LogP contribution >= 0.6 is 0 Å². The Morgan fingerprint density at radius 1 is 0.500 bits per heavy atom. The van der Waals surface area contributed by atoms with Crippen molar-refractivity contribution in [3.05, 3.63) is 125 Å². The van der Waals surface area contributed by atoms with Crippen molar-refractivity contribution in [3.8, 4) is 0 Å². The first-order valence-corrected chi connectivity index (χ1v) is 9.32. The van der Waals surface area contributed by atoms with E-state index in [1.807, 2.05) is 42.9 Å². The smallest absolute Gasteiger partial charge is 0.0299 e. The van der Waals surface area contributed by atoms with Gasteiger partial charge in [-0.2, -0.15) is 6.92 Å². The van der Waals surface area contributed by atoms with Gasteiger partial charge in [-0.15, -0.1) is 0 Å². The molecule has 5 radical (unpaired) electrons. The Kier molecular flexibility index (Phi) is 88.2. The molecule has 3 rings (SSSR count). The number of rotatable bonds is 3. The summed E-state index contributed by atoms with van der Waals surface area (Å²) in [5, 5.41) is 0. The van der Waals surface area contributed by atoms with Crippen molar-refractivity contribution in [1.29, 1.82) is 0 Å². The third-order valence-corrected chi connectivity index (χ3v) is 3.54. The molecule has 0 bridgehead atoms. The Hall–Kier alpha value is 3.04. The maximum Gasteiger partial charge on any atom is 0.0299 e. The molecule has 0 aliphatic heterocycles. The van der Waals surface area contributed by atoms with Crippen LogP contribution in [0.2, 0.25) is 0 Å². The van der Waals surface area contributed by atoms with Crippen LogP contribution in [0.5, 0.6) is 0 Å². The Labute approximate surface area is 339 Å². The van der Waals surface area contributed by atoms with E-state index in [9.17, 15) is 0 Å². The second kappa shape index (κ2) is 49.0. The third-order valence-electron chi connectivity index (χ3n) is 3.54. The number of nitrogens with zero attached hydrogens (tertiary/aromatic N) is 2. The van der Waals surface area contributed by atoms with Crippen molar-refractivity contribution >= 4 is 0 Å². The Morgan fingerprint density at radius 2 is 0.882 bits per heavy atom. The molecule has 2 aromatic heterocycles. The molecule has 7 heteroatoms. The summed E-state index contributed by atoms with van der Waals surface area (Å²) in [5.41, 5.74) is 4.06. The second-order valence-corrected chi connectivity index (χ2v) is 5.26. The maximum absolute atomic E-state index is 3.96. The number of aromatic nitrogens is 2. The third kappa shape index (κ3) is 37.2. The number of aryl methyl sites for hydroxylation is 3. The monoisotopic (exact) mass is 839 g/mol. The summed E-state index contributed by atoms with van der Waals surface area (Å²) in [7, 11) is 0. The number of hydrogen-bond acceptors (Lipinski definition) is 2. The molecule has 0 aliphatic rings. The zero-order valence-corrected chi connectivity index (χ0v) is 36.8. The molecule has 2 nitrogen and oxygen atoms in total. The largest absolute Gasteiger partial charge is 0.358 e. The second-order valence-electron chi connectivity index (χ2n) is 5.26. The van der Waals surface area contributed by atoms with E-state index in [1.165, 1.54) is 16.7 Å². The van der Waals surface area contributed by atoms with Crippen molar-refractivity contribution in [2.45, 2.75) is 47.0 Å². The van der Waals surface area contributed by atoms with Crippen LogP contribution in [0.3, 0.4) is 0 Å². The van der Waals surface area contributed by atoms with Crippen LogP contribution in [-0.4, -0.2) is 9.97 Å². The first kappa shape index (κ1) is 61.2. The van der Waals surface area contributed by atoms with Crippen LogP contribution in [0.4, 0.5) is 0 Å². The zero-order valence-electron chi connectivity index (χ0n) is 22.6. The number of hydrogen-bond donors (Lipinski definition) is 0. The van der Waals surface area contributed by atoms with E-state index in [0.29, 0.717) is 0 Å². The molecule has 0 fully saturated rings. The van der Waals surface area contributed by atoms with E-state index in [-0.39, 0.29) is 186 Å². The van der Waals surface area contributed by atoms with Crippen molar-refractivity contribution in [3.63, 3.8) is 0 Å². The summed E-state index contributed by atoms with van der Waals surface area (Å²) in [6.07, 6.45) is 10.6. The van der Waals surface area contributed by atoms with E-state index in [4.69, 9.17) is 0 Å². The van der Waals surface area contributed by atoms with E-state index in [1.54, 1.807) is 13.1 Å². The topological polar surface area (TPSA) is 25.8 Å². The fourth-order valence-corrected chi connectivity index (χ4v) is 1.94. The molecule has 2 heterocycles. The molecule has 0 amide bonds. The summed E-state index contributed by atoms with van der Waals surface area (Å²) in [6.45, 7) is 11.4. The predicted octanol–water partition coefficient (Wildman–Crippen LogP) is 7.72. The molecule has 1 aromatic carbocycles. The minimum absolute atomic E-state index is 0. The molecule has 179 valence electrons. The molecule has 3 aromatic rings. The van der Waals surface area contributed by atoms with Gasteiger partial charge in [0.15, 0.2) is 0 Å². The molecule has 0 saturated carbocycles. The average molecular weight is 839 g/mol. The molecule has 0 atom stereocenters. The van der Waals surface area contributed by atoms with Crippen LogP contribution in [0.1, 0.15) is 44.4 Å². The quantitative estimate of drug-likeness (QED) is 0.253. The molecule has 0 spiro atoms. The molecule has 0 aliphatic carbocycles. The first-order chi connectivity index (χ1) is 12.8. The van der Waals surface area contributed by atoms with Crippen molar-refractivity contribution in [2.75, 3.05) is 0 Å². The number of benzene rings is 1. The van der Waals surface area contributed by atoms with Crippen molar-refractivity contribution in [1.82, 2.24) is 9.97 Å². The fourth-order valence-electron chi connectivity index (χ4n) is 1.94. The Balaban J connectivity index is -0.0000000341. The van der Waals surface area contributed by atoms with Gasteiger partial charge in [0.05, 0.1) is 0 Å². The van der Waals surface area contributed by atoms with E-state index in [0.717, 1.165) is 19.3 Å². The minimum Gasteiger partial charge on any atom is -0.358 e. The predicted molar refractivity (Wildman–Crippen MR) is 133 cm³/mol. The summed E-state index contributed by atoms with van der Waals surface area (Å²) in [5.74, 6) is 0. The van der Waals surface area contributed by atoms with Crippen LogP contribution in [0, 0.1) is 29.2 Å². The summed E-state index contributed by atoms with van der Waals surface area (Å²) < 4.78 is 0. The van der Waals surface area contributed by atoms with Gasteiger partial charge in [-0.05, 0) is 54.2 Å². The van der Waals surface area contributed by atoms with Gasteiger partial charge in [-0.25, -0.2) is 0 Å². The molecular weight excluding hydrogens is 797 g/mol. The Morgan fingerprint density at radius 3 is 1.15 bits per heavy atom. The van der Waals surface area contributed by atoms with Gasteiger partial charge in [0.2, 0.25) is 0 Å². The Bertz CT molecular complexity index is 549. The van der Waals surface area contributed by atoms with Gasteiger partial charge < -0.3 is 29.2 Å². The van der Waals surface area contributed by atoms with Crippen LogP contribution in [0.15, 0.2) is 79.4 Å². The molecular formula is C27H42N2Y5-4. The zero-order chi connectivity index (χ0) is 19.5. The number of pyridine rings is 2. The van der Waals surface area contributed by atoms with Crippen LogP contribution in [-0.2, 0) is 183 Å². The summed E-state index contributed by atoms with van der Waals surface area (Å²) >= 11 is 0. The van der Waals surface area contributed by atoms with Gasteiger partial charge in [0, 0.05) is 188 Å². The van der Waals surface area contributed by atoms with Crippen molar-refractivity contribution in [2.24, 2.45) is 0 Å². The average Bonchev–Trinajstić information content (AvgIpc) is 2.77. The van der Waals surface area contributed by atoms with E-state index >= 15 is 0 Å². The minimum atomic E-state index is 0. The van der Waals surface area contributed by atoms with Gasteiger partial charge in [-0.3, -0.25) is 9.97 Å². The van der Waals surface area contributed by atoms with Crippen molar-refractivity contribution < 1.29 is 164 Å².